The lowest BCUT2D eigenvalue weighted by atomic mass is 9.92. The summed E-state index contributed by atoms with van der Waals surface area (Å²) in [5.41, 5.74) is 0.179. The molecule has 2 nitrogen and oxygen atoms in total. The number of hydrogen-bond donors (Lipinski definition) is 1. The van der Waals surface area contributed by atoms with E-state index in [1.165, 1.54) is 0 Å². The SMILES string of the molecule is CC(C)N=C(NC(C)(C)C)C(C)(C)C. The molecule has 0 aromatic rings. The number of aliphatic imine (C=N–C) groups is 1. The van der Waals surface area contributed by atoms with Crippen molar-refractivity contribution in [3.63, 3.8) is 0 Å². The molecule has 0 saturated heterocycles. The van der Waals surface area contributed by atoms with Crippen molar-refractivity contribution in [2.75, 3.05) is 0 Å². The van der Waals surface area contributed by atoms with Gasteiger partial charge in [-0.15, -0.1) is 0 Å². The molecule has 2 heteroatoms. The van der Waals surface area contributed by atoms with Crippen LogP contribution in [0.15, 0.2) is 4.99 Å². The molecule has 0 fully saturated rings. The normalized spacial score (nSPS) is 14.8. The molecule has 14 heavy (non-hydrogen) atoms. The van der Waals surface area contributed by atoms with Crippen molar-refractivity contribution in [2.24, 2.45) is 10.4 Å². The molecule has 0 unspecified atom stereocenters. The summed E-state index contributed by atoms with van der Waals surface area (Å²) in [6.45, 7) is 17.3. The van der Waals surface area contributed by atoms with E-state index < -0.39 is 0 Å². The van der Waals surface area contributed by atoms with Crippen LogP contribution in [0.3, 0.4) is 0 Å². The van der Waals surface area contributed by atoms with Crippen LogP contribution in [0.1, 0.15) is 55.4 Å². The van der Waals surface area contributed by atoms with E-state index in [0.717, 1.165) is 5.84 Å². The summed E-state index contributed by atoms with van der Waals surface area (Å²) < 4.78 is 0. The molecule has 1 N–H and O–H groups in total. The second-order valence-electron chi connectivity index (χ2n) is 6.20. The maximum absolute atomic E-state index is 4.64. The smallest absolute Gasteiger partial charge is 0.102 e. The van der Waals surface area contributed by atoms with Gasteiger partial charge in [0.05, 0.1) is 0 Å². The van der Waals surface area contributed by atoms with Gasteiger partial charge in [-0.05, 0) is 34.6 Å². The predicted molar refractivity (Wildman–Crippen MR) is 64.9 cm³/mol. The standard InChI is InChI=1S/C12H26N2/c1-9(2)13-10(11(3,4)5)14-12(6,7)8/h9H,1-8H3,(H,13,14). The Hall–Kier alpha value is -0.530. The van der Waals surface area contributed by atoms with Gasteiger partial charge >= 0.3 is 0 Å². The number of nitrogens with zero attached hydrogens (tertiary/aromatic N) is 1. The Morgan fingerprint density at radius 1 is 1.00 bits per heavy atom. The van der Waals surface area contributed by atoms with Gasteiger partial charge in [-0.2, -0.15) is 0 Å². The number of nitrogens with one attached hydrogen (secondary N) is 1. The third-order valence-corrected chi connectivity index (χ3v) is 1.59. The fraction of sp³-hybridized carbons (Fsp3) is 0.917. The zero-order chi connectivity index (χ0) is 11.6. The molecule has 0 amide bonds. The Labute approximate surface area is 89.2 Å². The van der Waals surface area contributed by atoms with Gasteiger partial charge in [0.2, 0.25) is 0 Å². The first-order valence-corrected chi connectivity index (χ1v) is 5.39. The number of rotatable bonds is 1. The van der Waals surface area contributed by atoms with Gasteiger partial charge in [-0.3, -0.25) is 4.99 Å². The van der Waals surface area contributed by atoms with Crippen LogP contribution in [-0.4, -0.2) is 17.4 Å². The Kier molecular flexibility index (Phi) is 4.16. The zero-order valence-corrected chi connectivity index (χ0v) is 11.0. The molecule has 0 aromatic carbocycles. The van der Waals surface area contributed by atoms with E-state index in [9.17, 15) is 0 Å². The van der Waals surface area contributed by atoms with Crippen LogP contribution in [-0.2, 0) is 0 Å². The topological polar surface area (TPSA) is 24.4 Å². The van der Waals surface area contributed by atoms with Gasteiger partial charge in [0, 0.05) is 17.0 Å². The first kappa shape index (κ1) is 13.5. The van der Waals surface area contributed by atoms with Crippen LogP contribution in [0.25, 0.3) is 0 Å². The lowest BCUT2D eigenvalue weighted by Crippen LogP contribution is -2.46. The monoisotopic (exact) mass is 198 g/mol. The molecule has 0 aliphatic rings. The molecule has 0 rings (SSSR count). The summed E-state index contributed by atoms with van der Waals surface area (Å²) in [6, 6.07) is 0.346. The maximum Gasteiger partial charge on any atom is 0.102 e. The highest BCUT2D eigenvalue weighted by Gasteiger charge is 2.23. The third kappa shape index (κ3) is 6.01. The lowest BCUT2D eigenvalue weighted by Gasteiger charge is -2.31. The van der Waals surface area contributed by atoms with E-state index in [0.29, 0.717) is 6.04 Å². The second-order valence-corrected chi connectivity index (χ2v) is 6.20. The molecule has 0 saturated carbocycles. The molecule has 0 radical (unpaired) electrons. The summed E-state index contributed by atoms with van der Waals surface area (Å²) >= 11 is 0. The number of hydrogen-bond acceptors (Lipinski definition) is 1. The molecular weight excluding hydrogens is 172 g/mol. The number of amidine groups is 1. The third-order valence-electron chi connectivity index (χ3n) is 1.59. The molecule has 0 aliphatic carbocycles. The van der Waals surface area contributed by atoms with Crippen molar-refractivity contribution in [1.82, 2.24) is 5.32 Å². The molecule has 0 bridgehead atoms. The van der Waals surface area contributed by atoms with Gasteiger partial charge < -0.3 is 5.32 Å². The largest absolute Gasteiger partial charge is 0.369 e. The average molecular weight is 198 g/mol. The van der Waals surface area contributed by atoms with Crippen LogP contribution < -0.4 is 5.32 Å². The first-order valence-electron chi connectivity index (χ1n) is 5.39. The van der Waals surface area contributed by atoms with Crippen LogP contribution in [0.2, 0.25) is 0 Å². The van der Waals surface area contributed by atoms with Crippen LogP contribution >= 0.6 is 0 Å². The van der Waals surface area contributed by atoms with Gasteiger partial charge in [0.25, 0.3) is 0 Å². The predicted octanol–water partition coefficient (Wildman–Crippen LogP) is 3.23. The van der Waals surface area contributed by atoms with E-state index in [-0.39, 0.29) is 11.0 Å². The fourth-order valence-corrected chi connectivity index (χ4v) is 1.03. The molecule has 0 heterocycles. The molecule has 0 spiro atoms. The molecule has 0 aromatic heterocycles. The van der Waals surface area contributed by atoms with E-state index in [2.05, 4.69) is 65.7 Å². The highest BCUT2D eigenvalue weighted by molar-refractivity contribution is 5.87. The van der Waals surface area contributed by atoms with Crippen LogP contribution in [0.4, 0.5) is 0 Å². The molecule has 0 aliphatic heterocycles. The minimum atomic E-state index is 0.0843. The van der Waals surface area contributed by atoms with Crippen LogP contribution in [0.5, 0.6) is 0 Å². The summed E-state index contributed by atoms with van der Waals surface area (Å²) in [4.78, 5) is 4.64. The lowest BCUT2D eigenvalue weighted by molar-refractivity contribution is 0.462. The average Bonchev–Trinajstić information content (AvgIpc) is 1.78. The minimum Gasteiger partial charge on any atom is -0.369 e. The van der Waals surface area contributed by atoms with Crippen molar-refractivity contribution in [1.29, 1.82) is 0 Å². The Balaban J connectivity index is 4.77. The van der Waals surface area contributed by atoms with Crippen molar-refractivity contribution in [3.05, 3.63) is 0 Å². The first-order chi connectivity index (χ1) is 6.02. The summed E-state index contributed by atoms with van der Waals surface area (Å²) in [5.74, 6) is 1.10. The molecule has 84 valence electrons. The maximum atomic E-state index is 4.64. The summed E-state index contributed by atoms with van der Waals surface area (Å²) in [5, 5.41) is 3.48. The van der Waals surface area contributed by atoms with Crippen molar-refractivity contribution >= 4 is 5.84 Å². The highest BCUT2D eigenvalue weighted by atomic mass is 15.1. The Morgan fingerprint density at radius 3 is 1.64 bits per heavy atom. The second kappa shape index (κ2) is 4.33. The van der Waals surface area contributed by atoms with Gasteiger partial charge in [-0.1, -0.05) is 20.8 Å². The summed E-state index contributed by atoms with van der Waals surface area (Å²) in [7, 11) is 0. The van der Waals surface area contributed by atoms with Crippen LogP contribution in [0, 0.1) is 5.41 Å². The van der Waals surface area contributed by atoms with E-state index >= 15 is 0 Å². The van der Waals surface area contributed by atoms with Crippen molar-refractivity contribution < 1.29 is 0 Å². The van der Waals surface area contributed by atoms with E-state index in [4.69, 9.17) is 0 Å². The van der Waals surface area contributed by atoms with E-state index in [1.807, 2.05) is 0 Å². The van der Waals surface area contributed by atoms with Crippen molar-refractivity contribution in [2.45, 2.75) is 67.0 Å². The zero-order valence-electron chi connectivity index (χ0n) is 11.0. The molecule has 0 atom stereocenters. The minimum absolute atomic E-state index is 0.0843. The van der Waals surface area contributed by atoms with Gasteiger partial charge in [0.15, 0.2) is 0 Å². The Morgan fingerprint density at radius 2 is 1.43 bits per heavy atom. The highest BCUT2D eigenvalue weighted by Crippen LogP contribution is 2.17. The van der Waals surface area contributed by atoms with Gasteiger partial charge in [0.1, 0.15) is 5.84 Å². The van der Waals surface area contributed by atoms with Gasteiger partial charge in [-0.25, -0.2) is 0 Å². The van der Waals surface area contributed by atoms with Crippen molar-refractivity contribution in [3.8, 4) is 0 Å². The molecular formula is C12H26N2. The van der Waals surface area contributed by atoms with E-state index in [1.54, 1.807) is 0 Å². The summed E-state index contributed by atoms with van der Waals surface area (Å²) in [6.07, 6.45) is 0. The fourth-order valence-electron chi connectivity index (χ4n) is 1.03. The Bertz CT molecular complexity index is 201. The quantitative estimate of drug-likeness (QED) is 0.508.